The Morgan fingerprint density at radius 2 is 1.96 bits per heavy atom. The van der Waals surface area contributed by atoms with E-state index in [1.807, 2.05) is 23.7 Å². The number of thiazole rings is 1. The first-order valence-electron chi connectivity index (χ1n) is 9.97. The van der Waals surface area contributed by atoms with Gasteiger partial charge in [-0.1, -0.05) is 6.07 Å². The van der Waals surface area contributed by atoms with Gasteiger partial charge in [0.2, 0.25) is 0 Å². The van der Waals surface area contributed by atoms with Gasteiger partial charge < -0.3 is 5.32 Å². The molecule has 2 aliphatic heterocycles. The fraction of sp³-hybridized carbons (Fsp3) is 0.476. The Bertz CT molecular complexity index is 953. The Morgan fingerprint density at radius 3 is 2.81 bits per heavy atom. The summed E-state index contributed by atoms with van der Waals surface area (Å²) in [6.07, 6.45) is 9.23. The summed E-state index contributed by atoms with van der Waals surface area (Å²) in [6, 6.07) is 8.03. The second-order valence-corrected chi connectivity index (χ2v) is 9.31. The Morgan fingerprint density at radius 1 is 1.07 bits per heavy atom. The lowest BCUT2D eigenvalue weighted by Gasteiger charge is -2.40. The van der Waals surface area contributed by atoms with E-state index in [-0.39, 0.29) is 0 Å². The molecular formula is C21H23N5S. The van der Waals surface area contributed by atoms with E-state index in [4.69, 9.17) is 4.98 Å². The van der Waals surface area contributed by atoms with Crippen LogP contribution in [0.5, 0.6) is 0 Å². The third-order valence-corrected chi connectivity index (χ3v) is 7.85. The third-order valence-electron chi connectivity index (χ3n) is 6.67. The number of rotatable bonds is 3. The molecule has 1 saturated carbocycles. The van der Waals surface area contributed by atoms with Crippen molar-refractivity contribution in [2.75, 3.05) is 19.6 Å². The molecule has 27 heavy (non-hydrogen) atoms. The van der Waals surface area contributed by atoms with Crippen LogP contribution >= 0.6 is 11.3 Å². The van der Waals surface area contributed by atoms with Crippen LogP contribution in [0.15, 0.2) is 36.9 Å². The first kappa shape index (κ1) is 16.1. The lowest BCUT2D eigenvalue weighted by molar-refractivity contribution is 0.128. The zero-order valence-electron chi connectivity index (χ0n) is 15.2. The fourth-order valence-corrected chi connectivity index (χ4v) is 6.15. The number of nitrogens with zero attached hydrogens (tertiary/aromatic N) is 4. The van der Waals surface area contributed by atoms with Crippen molar-refractivity contribution in [3.63, 3.8) is 0 Å². The normalized spacial score (nSPS) is 30.5. The number of hydrogen-bond donors (Lipinski definition) is 1. The SMILES string of the molecule is c1ncc(-c2ccc3nc([C@H]4C[C@H](N5CC6CCNC6C5)C4)sc3c2)cn1. The molecule has 2 unspecified atom stereocenters. The van der Waals surface area contributed by atoms with Gasteiger partial charge in [-0.05, 0) is 49.4 Å². The van der Waals surface area contributed by atoms with Crippen molar-refractivity contribution in [3.8, 4) is 11.1 Å². The zero-order valence-corrected chi connectivity index (χ0v) is 16.0. The van der Waals surface area contributed by atoms with Gasteiger partial charge in [-0.15, -0.1) is 11.3 Å². The fourth-order valence-electron chi connectivity index (χ4n) is 5.01. The summed E-state index contributed by atoms with van der Waals surface area (Å²) in [5.74, 6) is 1.54. The third kappa shape index (κ3) is 2.78. The molecule has 1 aromatic carbocycles. The van der Waals surface area contributed by atoms with Crippen molar-refractivity contribution in [2.45, 2.75) is 37.3 Å². The summed E-state index contributed by atoms with van der Waals surface area (Å²) < 4.78 is 1.27. The minimum absolute atomic E-state index is 0.643. The molecule has 4 heterocycles. The highest BCUT2D eigenvalue weighted by Crippen LogP contribution is 2.44. The summed E-state index contributed by atoms with van der Waals surface area (Å²) in [5.41, 5.74) is 3.35. The van der Waals surface area contributed by atoms with E-state index in [1.54, 1.807) is 6.33 Å². The van der Waals surface area contributed by atoms with Crippen LogP contribution in [0.4, 0.5) is 0 Å². The van der Waals surface area contributed by atoms with Crippen LogP contribution in [-0.4, -0.2) is 51.6 Å². The van der Waals surface area contributed by atoms with Crippen LogP contribution in [0.2, 0.25) is 0 Å². The molecule has 0 amide bonds. The number of likely N-dealkylation sites (tertiary alicyclic amines) is 1. The van der Waals surface area contributed by atoms with E-state index in [2.05, 4.69) is 38.4 Å². The predicted molar refractivity (Wildman–Crippen MR) is 108 cm³/mol. The van der Waals surface area contributed by atoms with E-state index in [0.717, 1.165) is 29.1 Å². The molecule has 0 radical (unpaired) electrons. The second-order valence-electron chi connectivity index (χ2n) is 8.25. The smallest absolute Gasteiger partial charge is 0.115 e. The van der Waals surface area contributed by atoms with Crippen molar-refractivity contribution < 1.29 is 0 Å². The molecule has 2 aromatic heterocycles. The predicted octanol–water partition coefficient (Wildman–Crippen LogP) is 3.29. The van der Waals surface area contributed by atoms with Gasteiger partial charge in [-0.3, -0.25) is 4.90 Å². The largest absolute Gasteiger partial charge is 0.312 e. The Kier molecular flexibility index (Phi) is 3.77. The first-order valence-corrected chi connectivity index (χ1v) is 10.8. The zero-order chi connectivity index (χ0) is 17.8. The minimum Gasteiger partial charge on any atom is -0.312 e. The van der Waals surface area contributed by atoms with E-state index < -0.39 is 0 Å². The molecule has 1 N–H and O–H groups in total. The highest BCUT2D eigenvalue weighted by Gasteiger charge is 2.43. The van der Waals surface area contributed by atoms with Crippen LogP contribution in [0.1, 0.15) is 30.2 Å². The number of benzene rings is 1. The monoisotopic (exact) mass is 377 g/mol. The van der Waals surface area contributed by atoms with E-state index >= 15 is 0 Å². The summed E-state index contributed by atoms with van der Waals surface area (Å²) in [5, 5.41) is 4.99. The van der Waals surface area contributed by atoms with E-state index in [0.29, 0.717) is 5.92 Å². The standard InChI is InChI=1S/C21H23N5S/c1-2-18-20(7-13(1)16-8-22-12-23-9-16)27-21(25-18)15-5-17(6-15)26-10-14-3-4-24-19(14)11-26/h1-2,7-9,12,14-15,17,19,24H,3-6,10-11H2/t14?,15-,17-,19?. The van der Waals surface area contributed by atoms with Crippen molar-refractivity contribution in [2.24, 2.45) is 5.92 Å². The van der Waals surface area contributed by atoms with Crippen molar-refractivity contribution in [3.05, 3.63) is 41.9 Å². The molecule has 3 aliphatic rings. The highest BCUT2D eigenvalue weighted by atomic mass is 32.1. The van der Waals surface area contributed by atoms with Gasteiger partial charge in [0.05, 0.1) is 15.2 Å². The number of aromatic nitrogens is 3. The molecule has 3 fully saturated rings. The molecule has 0 spiro atoms. The summed E-state index contributed by atoms with van der Waals surface area (Å²) in [4.78, 5) is 15.9. The van der Waals surface area contributed by atoms with Gasteiger partial charge in [0.15, 0.2) is 0 Å². The van der Waals surface area contributed by atoms with Crippen LogP contribution in [0.3, 0.4) is 0 Å². The summed E-state index contributed by atoms with van der Waals surface area (Å²) in [6.45, 7) is 3.78. The summed E-state index contributed by atoms with van der Waals surface area (Å²) >= 11 is 1.87. The second kappa shape index (κ2) is 6.33. The van der Waals surface area contributed by atoms with Crippen LogP contribution in [-0.2, 0) is 0 Å². The topological polar surface area (TPSA) is 53.9 Å². The Hall–Kier alpha value is -1.89. The van der Waals surface area contributed by atoms with Gasteiger partial charge in [0.25, 0.3) is 0 Å². The summed E-state index contributed by atoms with van der Waals surface area (Å²) in [7, 11) is 0. The van der Waals surface area contributed by atoms with Crippen molar-refractivity contribution in [1.82, 2.24) is 25.2 Å². The maximum Gasteiger partial charge on any atom is 0.115 e. The molecule has 6 rings (SSSR count). The number of hydrogen-bond acceptors (Lipinski definition) is 6. The maximum atomic E-state index is 4.94. The van der Waals surface area contributed by atoms with Crippen LogP contribution in [0, 0.1) is 5.92 Å². The molecule has 5 nitrogen and oxygen atoms in total. The quantitative estimate of drug-likeness (QED) is 0.759. The molecular weight excluding hydrogens is 354 g/mol. The molecule has 6 heteroatoms. The average Bonchev–Trinajstić information content (AvgIpc) is 3.35. The van der Waals surface area contributed by atoms with Crippen LogP contribution in [0.25, 0.3) is 21.3 Å². The van der Waals surface area contributed by atoms with Crippen molar-refractivity contribution >= 4 is 21.6 Å². The number of fused-ring (bicyclic) bond motifs is 2. The Balaban J connectivity index is 1.17. The van der Waals surface area contributed by atoms with Crippen LogP contribution < -0.4 is 5.32 Å². The van der Waals surface area contributed by atoms with Gasteiger partial charge in [0.1, 0.15) is 6.33 Å². The lowest BCUT2D eigenvalue weighted by Crippen LogP contribution is -2.44. The minimum atomic E-state index is 0.643. The van der Waals surface area contributed by atoms with Gasteiger partial charge >= 0.3 is 0 Å². The number of nitrogens with one attached hydrogen (secondary N) is 1. The molecule has 0 bridgehead atoms. The maximum absolute atomic E-state index is 4.94. The molecule has 2 atom stereocenters. The van der Waals surface area contributed by atoms with Gasteiger partial charge in [-0.25, -0.2) is 15.0 Å². The average molecular weight is 378 g/mol. The van der Waals surface area contributed by atoms with Crippen molar-refractivity contribution in [1.29, 1.82) is 0 Å². The van der Waals surface area contributed by atoms with E-state index in [1.165, 1.54) is 54.2 Å². The molecule has 3 aromatic rings. The molecule has 2 saturated heterocycles. The van der Waals surface area contributed by atoms with E-state index in [9.17, 15) is 0 Å². The van der Waals surface area contributed by atoms with Gasteiger partial charge in [0, 0.05) is 49.0 Å². The Labute approximate surface area is 162 Å². The molecule has 138 valence electrons. The molecule has 1 aliphatic carbocycles. The van der Waals surface area contributed by atoms with Gasteiger partial charge in [-0.2, -0.15) is 0 Å². The highest BCUT2D eigenvalue weighted by molar-refractivity contribution is 7.18. The lowest BCUT2D eigenvalue weighted by atomic mass is 9.80. The first-order chi connectivity index (χ1) is 13.3.